The van der Waals surface area contributed by atoms with Gasteiger partial charge in [0.25, 0.3) is 0 Å². The van der Waals surface area contributed by atoms with Crippen molar-refractivity contribution in [1.82, 2.24) is 0 Å². The van der Waals surface area contributed by atoms with E-state index < -0.39 is 5.97 Å². The van der Waals surface area contributed by atoms with Crippen molar-refractivity contribution in [2.24, 2.45) is 5.16 Å². The number of nitrogens with zero attached hydrogens (tertiary/aromatic N) is 1. The third-order valence-electron chi connectivity index (χ3n) is 3.41. The molecule has 0 fully saturated rings. The maximum Gasteiger partial charge on any atom is 0.303 e. The fraction of sp³-hybridized carbons (Fsp3) is 0.105. The molecule has 2 rings (SSSR count). The molecule has 6 heteroatoms. The van der Waals surface area contributed by atoms with Crippen LogP contribution in [0.5, 0.6) is 0 Å². The summed E-state index contributed by atoms with van der Waals surface area (Å²) in [5, 5.41) is 23.6. The molecule has 128 valence electrons. The number of nitrogens with one attached hydrogen (secondary N) is 1. The van der Waals surface area contributed by atoms with Crippen molar-refractivity contribution in [2.75, 3.05) is 5.32 Å². The van der Waals surface area contributed by atoms with E-state index >= 15 is 0 Å². The molecule has 0 saturated carbocycles. The quantitative estimate of drug-likeness (QED) is 0.312. The summed E-state index contributed by atoms with van der Waals surface area (Å²) in [7, 11) is 0. The highest BCUT2D eigenvalue weighted by atomic mass is 16.4. The number of hydrogen-bond donors (Lipinski definition) is 3. The smallest absolute Gasteiger partial charge is 0.303 e. The van der Waals surface area contributed by atoms with E-state index in [0.29, 0.717) is 11.3 Å². The number of carbonyl (C=O) groups is 2. The number of carbonyl (C=O) groups excluding carboxylic acids is 1. The van der Waals surface area contributed by atoms with E-state index in [1.807, 2.05) is 30.3 Å². The predicted molar refractivity (Wildman–Crippen MR) is 95.7 cm³/mol. The number of rotatable bonds is 7. The zero-order chi connectivity index (χ0) is 18.1. The van der Waals surface area contributed by atoms with Gasteiger partial charge >= 0.3 is 5.97 Å². The van der Waals surface area contributed by atoms with Gasteiger partial charge in [-0.3, -0.25) is 9.59 Å². The number of oxime groups is 1. The van der Waals surface area contributed by atoms with Crippen LogP contribution < -0.4 is 5.32 Å². The Morgan fingerprint density at radius 2 is 1.68 bits per heavy atom. The Bertz CT molecular complexity index is 781. The molecule has 0 aliphatic heterocycles. The number of hydrogen-bond acceptors (Lipinski definition) is 4. The molecule has 3 N–H and O–H groups in total. The first-order chi connectivity index (χ1) is 12.1. The van der Waals surface area contributed by atoms with Crippen molar-refractivity contribution in [3.8, 4) is 0 Å². The van der Waals surface area contributed by atoms with E-state index in [-0.39, 0.29) is 24.5 Å². The molecule has 0 atom stereocenters. The van der Waals surface area contributed by atoms with Crippen molar-refractivity contribution >= 4 is 29.4 Å². The van der Waals surface area contributed by atoms with E-state index in [9.17, 15) is 9.59 Å². The van der Waals surface area contributed by atoms with Crippen LogP contribution in [0.15, 0.2) is 65.8 Å². The highest BCUT2D eigenvalue weighted by molar-refractivity contribution is 6.03. The van der Waals surface area contributed by atoms with Gasteiger partial charge in [-0.25, -0.2) is 0 Å². The Balaban J connectivity index is 1.96. The molecule has 0 bridgehead atoms. The fourth-order valence-corrected chi connectivity index (χ4v) is 2.14. The minimum absolute atomic E-state index is 0.122. The van der Waals surface area contributed by atoms with E-state index in [0.717, 1.165) is 5.56 Å². The van der Waals surface area contributed by atoms with Gasteiger partial charge in [0, 0.05) is 18.2 Å². The van der Waals surface area contributed by atoms with Crippen LogP contribution in [-0.2, 0) is 9.59 Å². The summed E-state index contributed by atoms with van der Waals surface area (Å²) in [5.74, 6) is -1.23. The second-order valence-electron chi connectivity index (χ2n) is 5.25. The normalized spacial score (nSPS) is 11.4. The third kappa shape index (κ3) is 5.95. The maximum absolute atomic E-state index is 11.9. The van der Waals surface area contributed by atoms with E-state index in [1.165, 1.54) is 6.08 Å². The van der Waals surface area contributed by atoms with Crippen LogP contribution in [0.3, 0.4) is 0 Å². The minimum Gasteiger partial charge on any atom is -0.481 e. The van der Waals surface area contributed by atoms with Gasteiger partial charge in [0.2, 0.25) is 5.91 Å². The van der Waals surface area contributed by atoms with Gasteiger partial charge in [-0.2, -0.15) is 0 Å². The summed E-state index contributed by atoms with van der Waals surface area (Å²) in [6, 6.07) is 16.1. The molecule has 0 aromatic heterocycles. The largest absolute Gasteiger partial charge is 0.481 e. The number of carboxylic acid groups (broad SMARTS) is 1. The number of aliphatic carboxylic acids is 1. The van der Waals surface area contributed by atoms with Crippen LogP contribution >= 0.6 is 0 Å². The van der Waals surface area contributed by atoms with Crippen molar-refractivity contribution in [3.05, 3.63) is 71.8 Å². The van der Waals surface area contributed by atoms with Gasteiger partial charge in [0.15, 0.2) is 0 Å². The zero-order valence-electron chi connectivity index (χ0n) is 13.4. The molecule has 0 aliphatic carbocycles. The van der Waals surface area contributed by atoms with Crippen molar-refractivity contribution in [2.45, 2.75) is 12.8 Å². The second kappa shape index (κ2) is 9.02. The third-order valence-corrected chi connectivity index (χ3v) is 3.41. The molecule has 2 aromatic carbocycles. The van der Waals surface area contributed by atoms with E-state index in [2.05, 4.69) is 10.5 Å². The van der Waals surface area contributed by atoms with Crippen molar-refractivity contribution in [3.63, 3.8) is 0 Å². The highest BCUT2D eigenvalue weighted by Crippen LogP contribution is 2.13. The van der Waals surface area contributed by atoms with Gasteiger partial charge < -0.3 is 15.6 Å². The van der Waals surface area contributed by atoms with Crippen LogP contribution in [0.4, 0.5) is 5.69 Å². The summed E-state index contributed by atoms with van der Waals surface area (Å²) in [4.78, 5) is 22.5. The monoisotopic (exact) mass is 338 g/mol. The number of carboxylic acids is 1. The highest BCUT2D eigenvalue weighted by Gasteiger charge is 2.08. The average molecular weight is 338 g/mol. The number of benzene rings is 2. The standard InChI is InChI=1S/C19H18N2O4/c22-18(12-6-14-4-2-1-3-5-14)20-16-9-7-15(8-10-16)17(21-25)11-13-19(23)24/h1-10,12,25H,11,13H2,(H,20,22)(H,23,24)/b12-6+,21-17?. The second-order valence-corrected chi connectivity index (χ2v) is 5.25. The first-order valence-electron chi connectivity index (χ1n) is 7.66. The van der Waals surface area contributed by atoms with E-state index in [1.54, 1.807) is 30.3 Å². The molecule has 0 saturated heterocycles. The Labute approximate surface area is 145 Å². The Kier molecular flexibility index (Phi) is 6.47. The molecular formula is C19H18N2O4. The van der Waals surface area contributed by atoms with Crippen LogP contribution in [0.1, 0.15) is 24.0 Å². The summed E-state index contributed by atoms with van der Waals surface area (Å²) < 4.78 is 0. The molecular weight excluding hydrogens is 320 g/mol. The maximum atomic E-state index is 11.9. The summed E-state index contributed by atoms with van der Waals surface area (Å²) in [6.45, 7) is 0. The number of anilines is 1. The zero-order valence-corrected chi connectivity index (χ0v) is 13.4. The lowest BCUT2D eigenvalue weighted by atomic mass is 10.1. The molecule has 0 aliphatic rings. The van der Waals surface area contributed by atoms with Crippen LogP contribution in [-0.4, -0.2) is 27.9 Å². The molecule has 6 nitrogen and oxygen atoms in total. The van der Waals surface area contributed by atoms with E-state index in [4.69, 9.17) is 10.3 Å². The van der Waals surface area contributed by atoms with Gasteiger partial charge in [-0.15, -0.1) is 0 Å². The molecule has 1 amide bonds. The van der Waals surface area contributed by atoms with Crippen LogP contribution in [0, 0.1) is 0 Å². The molecule has 25 heavy (non-hydrogen) atoms. The Morgan fingerprint density at radius 3 is 2.28 bits per heavy atom. The number of amides is 1. The lowest BCUT2D eigenvalue weighted by Crippen LogP contribution is -2.09. The topological polar surface area (TPSA) is 99.0 Å². The lowest BCUT2D eigenvalue weighted by Gasteiger charge is -2.06. The molecule has 0 heterocycles. The fourth-order valence-electron chi connectivity index (χ4n) is 2.14. The molecule has 2 aromatic rings. The minimum atomic E-state index is -0.963. The summed E-state index contributed by atoms with van der Waals surface area (Å²) in [6.07, 6.45) is 3.16. The lowest BCUT2D eigenvalue weighted by molar-refractivity contribution is -0.136. The Morgan fingerprint density at radius 1 is 1.00 bits per heavy atom. The molecule has 0 unspecified atom stereocenters. The average Bonchev–Trinajstić information content (AvgIpc) is 2.62. The van der Waals surface area contributed by atoms with Crippen molar-refractivity contribution < 1.29 is 19.9 Å². The summed E-state index contributed by atoms with van der Waals surface area (Å²) in [5.41, 5.74) is 2.39. The van der Waals surface area contributed by atoms with Gasteiger partial charge in [-0.05, 0) is 29.3 Å². The van der Waals surface area contributed by atoms with Gasteiger partial charge in [0.1, 0.15) is 0 Å². The van der Waals surface area contributed by atoms with Crippen LogP contribution in [0.2, 0.25) is 0 Å². The van der Waals surface area contributed by atoms with Crippen molar-refractivity contribution in [1.29, 1.82) is 0 Å². The summed E-state index contributed by atoms with van der Waals surface area (Å²) >= 11 is 0. The molecule has 0 spiro atoms. The first-order valence-corrected chi connectivity index (χ1v) is 7.66. The SMILES string of the molecule is O=C(O)CCC(=NO)c1ccc(NC(=O)/C=C/c2ccccc2)cc1. The van der Waals surface area contributed by atoms with Gasteiger partial charge in [0.05, 0.1) is 12.1 Å². The van der Waals surface area contributed by atoms with Gasteiger partial charge in [-0.1, -0.05) is 47.6 Å². The predicted octanol–water partition coefficient (Wildman–Crippen LogP) is 3.38. The van der Waals surface area contributed by atoms with Crippen LogP contribution in [0.25, 0.3) is 6.08 Å². The Hall–Kier alpha value is -3.41. The first kappa shape index (κ1) is 17.9. The molecule has 0 radical (unpaired) electrons.